The van der Waals surface area contributed by atoms with Crippen LogP contribution in [-0.2, 0) is 11.2 Å². The fourth-order valence-corrected chi connectivity index (χ4v) is 3.59. The first-order chi connectivity index (χ1) is 12.6. The highest BCUT2D eigenvalue weighted by Gasteiger charge is 2.29. The van der Waals surface area contributed by atoms with Crippen molar-refractivity contribution in [3.63, 3.8) is 0 Å². The Hall–Kier alpha value is -2.75. The summed E-state index contributed by atoms with van der Waals surface area (Å²) in [4.78, 5) is 12.9. The second-order valence-corrected chi connectivity index (χ2v) is 7.24. The highest BCUT2D eigenvalue weighted by Crippen LogP contribution is 2.42. The van der Waals surface area contributed by atoms with Crippen LogP contribution >= 0.6 is 11.3 Å². The van der Waals surface area contributed by atoms with E-state index < -0.39 is 6.04 Å². The van der Waals surface area contributed by atoms with Crippen molar-refractivity contribution in [1.82, 2.24) is 30.4 Å². The molecule has 1 unspecified atom stereocenters. The first kappa shape index (κ1) is 16.7. The molecule has 1 atom stereocenters. The summed E-state index contributed by atoms with van der Waals surface area (Å²) in [5.41, 5.74) is 0.677. The molecule has 1 saturated carbocycles. The molecule has 2 aromatic heterocycles. The Morgan fingerprint density at radius 2 is 2.23 bits per heavy atom. The zero-order valence-electron chi connectivity index (χ0n) is 14.0. The minimum absolute atomic E-state index is 0.254. The molecule has 8 nitrogen and oxygen atoms in total. The lowest BCUT2D eigenvalue weighted by molar-refractivity contribution is -0.119. The quantitative estimate of drug-likeness (QED) is 0.712. The molecule has 0 saturated heterocycles. The van der Waals surface area contributed by atoms with Gasteiger partial charge in [0.1, 0.15) is 22.7 Å². The van der Waals surface area contributed by atoms with Crippen molar-refractivity contribution in [3.8, 4) is 0 Å². The van der Waals surface area contributed by atoms with E-state index in [1.54, 1.807) is 19.1 Å². The molecule has 0 spiro atoms. The molecule has 1 aliphatic carbocycles. The van der Waals surface area contributed by atoms with Crippen molar-refractivity contribution in [2.45, 2.75) is 38.1 Å². The third-order valence-corrected chi connectivity index (χ3v) is 5.17. The molecule has 1 fully saturated rings. The van der Waals surface area contributed by atoms with Crippen LogP contribution in [0.3, 0.4) is 0 Å². The van der Waals surface area contributed by atoms with E-state index in [1.807, 2.05) is 0 Å². The number of nitrogens with one attached hydrogen (secondary N) is 1. The summed E-state index contributed by atoms with van der Waals surface area (Å²) >= 11 is 1.38. The number of hydrogen-bond acceptors (Lipinski definition) is 7. The van der Waals surface area contributed by atoms with Crippen LogP contribution in [0.1, 0.15) is 41.2 Å². The van der Waals surface area contributed by atoms with Gasteiger partial charge in [-0.25, -0.2) is 9.07 Å². The van der Waals surface area contributed by atoms with Crippen LogP contribution in [0.5, 0.6) is 0 Å². The number of aromatic nitrogens is 6. The van der Waals surface area contributed by atoms with Gasteiger partial charge in [0.15, 0.2) is 0 Å². The number of rotatable bonds is 6. The monoisotopic (exact) mass is 373 g/mol. The van der Waals surface area contributed by atoms with Gasteiger partial charge in [-0.15, -0.1) is 15.3 Å². The van der Waals surface area contributed by atoms with Gasteiger partial charge in [0.2, 0.25) is 5.13 Å². The molecular formula is C16H16FN7OS. The van der Waals surface area contributed by atoms with Crippen molar-refractivity contribution in [1.29, 1.82) is 0 Å². The van der Waals surface area contributed by atoms with Crippen LogP contribution in [0.15, 0.2) is 24.3 Å². The molecule has 1 N–H and O–H groups in total. The largest absolute Gasteiger partial charge is 0.299 e. The average Bonchev–Trinajstić information content (AvgIpc) is 3.22. The Morgan fingerprint density at radius 3 is 2.92 bits per heavy atom. The van der Waals surface area contributed by atoms with E-state index in [1.165, 1.54) is 28.2 Å². The van der Waals surface area contributed by atoms with Gasteiger partial charge in [0.05, 0.1) is 0 Å². The molecule has 1 aromatic carbocycles. The van der Waals surface area contributed by atoms with Gasteiger partial charge >= 0.3 is 0 Å². The Kier molecular flexibility index (Phi) is 4.41. The topological polar surface area (TPSA) is 98.5 Å². The molecule has 0 aliphatic heterocycles. The normalized spacial score (nSPS) is 15.0. The lowest BCUT2D eigenvalue weighted by Crippen LogP contribution is -2.29. The maximum atomic E-state index is 13.5. The van der Waals surface area contributed by atoms with Gasteiger partial charge in [-0.2, -0.15) is 0 Å². The van der Waals surface area contributed by atoms with Gasteiger partial charge in [-0.05, 0) is 47.9 Å². The number of aryl methyl sites for hydroxylation is 1. The smallest absolute Gasteiger partial charge is 0.251 e. The highest BCUT2D eigenvalue weighted by molar-refractivity contribution is 7.15. The van der Waals surface area contributed by atoms with E-state index in [4.69, 9.17) is 0 Å². The Labute approximate surface area is 152 Å². The summed E-state index contributed by atoms with van der Waals surface area (Å²) in [5, 5.41) is 23.7. The summed E-state index contributed by atoms with van der Waals surface area (Å²) in [6.07, 6.45) is 2.49. The van der Waals surface area contributed by atoms with Crippen LogP contribution < -0.4 is 5.32 Å². The van der Waals surface area contributed by atoms with Crippen molar-refractivity contribution in [3.05, 3.63) is 46.5 Å². The molecule has 10 heteroatoms. The van der Waals surface area contributed by atoms with Crippen molar-refractivity contribution in [2.75, 3.05) is 5.32 Å². The van der Waals surface area contributed by atoms with Crippen LogP contribution in [0.25, 0.3) is 0 Å². The van der Waals surface area contributed by atoms with Crippen molar-refractivity contribution in [2.24, 2.45) is 0 Å². The van der Waals surface area contributed by atoms with Crippen LogP contribution in [-0.4, -0.2) is 36.3 Å². The lowest BCUT2D eigenvalue weighted by atomic mass is 10.1. The molecule has 1 amide bonds. The number of benzene rings is 1. The zero-order chi connectivity index (χ0) is 18.1. The van der Waals surface area contributed by atoms with Gasteiger partial charge in [0.25, 0.3) is 5.91 Å². The summed E-state index contributed by atoms with van der Waals surface area (Å²) in [6, 6.07) is 5.41. The molecule has 134 valence electrons. The second kappa shape index (κ2) is 6.87. The van der Waals surface area contributed by atoms with Crippen LogP contribution in [0.2, 0.25) is 0 Å². The Morgan fingerprint density at radius 1 is 1.38 bits per heavy atom. The van der Waals surface area contributed by atoms with E-state index in [0.29, 0.717) is 22.4 Å². The SMILES string of the molecule is Cc1nnnn1C(Cc1cccc(F)c1)C(=O)Nc1nnc(C2CC2)s1. The molecule has 3 aromatic rings. The Balaban J connectivity index is 1.56. The number of carbonyl (C=O) groups is 1. The highest BCUT2D eigenvalue weighted by atomic mass is 32.1. The van der Waals surface area contributed by atoms with Gasteiger partial charge < -0.3 is 0 Å². The van der Waals surface area contributed by atoms with Crippen LogP contribution in [0.4, 0.5) is 9.52 Å². The average molecular weight is 373 g/mol. The van der Waals surface area contributed by atoms with E-state index >= 15 is 0 Å². The molecule has 0 bridgehead atoms. The van der Waals surface area contributed by atoms with Crippen molar-refractivity contribution < 1.29 is 9.18 Å². The molecule has 26 heavy (non-hydrogen) atoms. The zero-order valence-corrected chi connectivity index (χ0v) is 14.8. The number of nitrogens with zero attached hydrogens (tertiary/aromatic N) is 6. The first-order valence-corrected chi connectivity index (χ1v) is 9.05. The molecule has 0 radical (unpaired) electrons. The third kappa shape index (κ3) is 3.59. The summed E-state index contributed by atoms with van der Waals surface area (Å²) in [6.45, 7) is 1.71. The van der Waals surface area contributed by atoms with E-state index in [0.717, 1.165) is 17.8 Å². The molecule has 4 rings (SSSR count). The standard InChI is InChI=1S/C16H16FN7OS/c1-9-19-22-23-24(9)13(8-10-3-2-4-12(17)7-10)14(25)18-16-21-20-15(26-16)11-5-6-11/h2-4,7,11,13H,5-6,8H2,1H3,(H,18,21,25). The number of carbonyl (C=O) groups excluding carboxylic acids is 1. The first-order valence-electron chi connectivity index (χ1n) is 8.23. The summed E-state index contributed by atoms with van der Waals surface area (Å²) in [7, 11) is 0. The number of tetrazole rings is 1. The maximum Gasteiger partial charge on any atom is 0.251 e. The minimum Gasteiger partial charge on any atom is -0.299 e. The second-order valence-electron chi connectivity index (χ2n) is 6.23. The predicted molar refractivity (Wildman–Crippen MR) is 92.2 cm³/mol. The summed E-state index contributed by atoms with van der Waals surface area (Å²) in [5.74, 6) is 0.303. The van der Waals surface area contributed by atoms with E-state index in [-0.39, 0.29) is 18.1 Å². The predicted octanol–water partition coefficient (Wildman–Crippen LogP) is 2.27. The molecular weight excluding hydrogens is 357 g/mol. The van der Waals surface area contributed by atoms with Crippen LogP contribution in [0, 0.1) is 12.7 Å². The number of hydrogen-bond donors (Lipinski definition) is 1. The van der Waals surface area contributed by atoms with Crippen molar-refractivity contribution >= 4 is 22.4 Å². The van der Waals surface area contributed by atoms with E-state index in [9.17, 15) is 9.18 Å². The fraction of sp³-hybridized carbons (Fsp3) is 0.375. The van der Waals surface area contributed by atoms with Gasteiger partial charge in [-0.1, -0.05) is 23.5 Å². The lowest BCUT2D eigenvalue weighted by Gasteiger charge is -2.16. The summed E-state index contributed by atoms with van der Waals surface area (Å²) < 4.78 is 14.9. The maximum absolute atomic E-state index is 13.5. The third-order valence-electron chi connectivity index (χ3n) is 4.17. The Bertz CT molecular complexity index is 936. The van der Waals surface area contributed by atoms with E-state index in [2.05, 4.69) is 31.0 Å². The molecule has 2 heterocycles. The molecule has 1 aliphatic rings. The number of halogens is 1. The number of amides is 1. The minimum atomic E-state index is -0.722. The number of anilines is 1. The van der Waals surface area contributed by atoms with Gasteiger partial charge in [0, 0.05) is 12.3 Å². The van der Waals surface area contributed by atoms with Gasteiger partial charge in [-0.3, -0.25) is 10.1 Å². The fourth-order valence-electron chi connectivity index (χ4n) is 2.67.